The van der Waals surface area contributed by atoms with Crippen LogP contribution in [0.15, 0.2) is 42.6 Å². The Morgan fingerprint density at radius 1 is 1.05 bits per heavy atom. The summed E-state index contributed by atoms with van der Waals surface area (Å²) in [7, 11) is 5.28. The molecule has 1 amide bonds. The summed E-state index contributed by atoms with van der Waals surface area (Å²) in [5.74, 6) is 1.50. The number of carbonyl (C=O) groups is 1. The summed E-state index contributed by atoms with van der Waals surface area (Å²) in [6.07, 6.45) is 4.82. The van der Waals surface area contributed by atoms with E-state index in [1.54, 1.807) is 14.2 Å². The van der Waals surface area contributed by atoms with Crippen LogP contribution in [-0.4, -0.2) is 34.5 Å². The van der Waals surface area contributed by atoms with Gasteiger partial charge < -0.3 is 24.7 Å². The Balaban J connectivity index is 1.51. The first-order chi connectivity index (χ1) is 19.0. The summed E-state index contributed by atoms with van der Waals surface area (Å²) >= 11 is 0. The van der Waals surface area contributed by atoms with E-state index in [0.29, 0.717) is 6.54 Å². The second-order valence-electron chi connectivity index (χ2n) is 10.4. The van der Waals surface area contributed by atoms with Gasteiger partial charge in [-0.05, 0) is 60.7 Å². The standard InChI is InChI=1S/C31H31N5O3/c1-5-12-36-25-10-6-17(33-24-14-18(38-3)7-11-26(24)39-4)13-20(25)28-21-15-32-31(37)29(21)27-19(30(28)36)8-9-23-22(27)16-35(2)34-23/h6-7,10-11,13-14,16,33H,5,8-9,12,15H2,1-4H3,(H,32,37). The van der Waals surface area contributed by atoms with E-state index < -0.39 is 0 Å². The van der Waals surface area contributed by atoms with E-state index in [4.69, 9.17) is 14.6 Å². The van der Waals surface area contributed by atoms with Gasteiger partial charge in [-0.15, -0.1) is 0 Å². The van der Waals surface area contributed by atoms with Crippen LogP contribution < -0.4 is 20.1 Å². The van der Waals surface area contributed by atoms with E-state index in [1.165, 1.54) is 22.0 Å². The Morgan fingerprint density at radius 3 is 2.72 bits per heavy atom. The molecule has 1 aliphatic carbocycles. The third-order valence-electron chi connectivity index (χ3n) is 8.08. The number of hydrogen-bond acceptors (Lipinski definition) is 5. The van der Waals surface area contributed by atoms with E-state index in [-0.39, 0.29) is 5.91 Å². The average molecular weight is 522 g/mol. The topological polar surface area (TPSA) is 82.3 Å². The predicted molar refractivity (Wildman–Crippen MR) is 153 cm³/mol. The van der Waals surface area contributed by atoms with Crippen LogP contribution in [0.2, 0.25) is 0 Å². The summed E-state index contributed by atoms with van der Waals surface area (Å²) in [6.45, 7) is 3.65. The molecule has 2 N–H and O–H groups in total. The quantitative estimate of drug-likeness (QED) is 0.299. The molecular formula is C31H31N5O3. The van der Waals surface area contributed by atoms with Crippen molar-refractivity contribution in [1.29, 1.82) is 0 Å². The van der Waals surface area contributed by atoms with Crippen molar-refractivity contribution in [2.45, 2.75) is 39.3 Å². The third-order valence-corrected chi connectivity index (χ3v) is 8.08. The summed E-state index contributed by atoms with van der Waals surface area (Å²) in [6, 6.07) is 12.2. The van der Waals surface area contributed by atoms with E-state index in [1.807, 2.05) is 29.9 Å². The number of amides is 1. The van der Waals surface area contributed by atoms with E-state index >= 15 is 0 Å². The zero-order valence-electron chi connectivity index (χ0n) is 22.6. The molecule has 0 unspecified atom stereocenters. The Hall–Kier alpha value is -4.46. The molecule has 2 aliphatic rings. The minimum absolute atomic E-state index is 0.00615. The van der Waals surface area contributed by atoms with Gasteiger partial charge >= 0.3 is 0 Å². The maximum Gasteiger partial charge on any atom is 0.252 e. The molecule has 0 fully saturated rings. The number of benzene rings is 3. The molecule has 0 bridgehead atoms. The lowest BCUT2D eigenvalue weighted by Crippen LogP contribution is -2.15. The molecule has 3 heterocycles. The van der Waals surface area contributed by atoms with Gasteiger partial charge in [-0.3, -0.25) is 9.48 Å². The van der Waals surface area contributed by atoms with Crippen molar-refractivity contribution in [3.05, 3.63) is 65.0 Å². The van der Waals surface area contributed by atoms with Crippen molar-refractivity contribution in [3.8, 4) is 22.6 Å². The number of anilines is 2. The number of ether oxygens (including phenoxy) is 2. The van der Waals surface area contributed by atoms with Gasteiger partial charge in [0.2, 0.25) is 0 Å². The van der Waals surface area contributed by atoms with Gasteiger partial charge in [-0.2, -0.15) is 5.10 Å². The Bertz CT molecular complexity index is 1810. The maximum absolute atomic E-state index is 13.3. The molecule has 5 aromatic rings. The van der Waals surface area contributed by atoms with E-state index in [0.717, 1.165) is 82.0 Å². The van der Waals surface area contributed by atoms with E-state index in [9.17, 15) is 4.79 Å². The first-order valence-electron chi connectivity index (χ1n) is 13.5. The summed E-state index contributed by atoms with van der Waals surface area (Å²) < 4.78 is 15.4. The molecule has 2 aromatic heterocycles. The van der Waals surface area contributed by atoms with Gasteiger partial charge in [0.1, 0.15) is 11.5 Å². The third kappa shape index (κ3) is 3.44. The average Bonchev–Trinajstić information content (AvgIpc) is 3.61. The van der Waals surface area contributed by atoms with Gasteiger partial charge in [-0.1, -0.05) is 6.92 Å². The Labute approximate surface area is 226 Å². The monoisotopic (exact) mass is 521 g/mol. The zero-order chi connectivity index (χ0) is 26.8. The van der Waals surface area contributed by atoms with Gasteiger partial charge in [-0.25, -0.2) is 0 Å². The molecule has 3 aromatic carbocycles. The highest BCUT2D eigenvalue weighted by atomic mass is 16.5. The fourth-order valence-electron chi connectivity index (χ4n) is 6.52. The summed E-state index contributed by atoms with van der Waals surface area (Å²) in [5.41, 5.74) is 10.6. The van der Waals surface area contributed by atoms with Gasteiger partial charge in [0.05, 0.1) is 36.7 Å². The van der Waals surface area contributed by atoms with Gasteiger partial charge in [0, 0.05) is 65.5 Å². The van der Waals surface area contributed by atoms with Crippen molar-refractivity contribution >= 4 is 39.1 Å². The predicted octanol–water partition coefficient (Wildman–Crippen LogP) is 5.71. The smallest absolute Gasteiger partial charge is 0.252 e. The SMILES string of the molecule is CCCn1c2ccc(Nc3cc(OC)ccc3OC)cc2c2c3c(c4c(c21)CCc1nn(C)cc1-4)C(=O)NC3. The number of nitrogens with one attached hydrogen (secondary N) is 2. The second kappa shape index (κ2) is 8.80. The Kier molecular flexibility index (Phi) is 5.33. The van der Waals surface area contributed by atoms with Crippen LogP contribution in [0.25, 0.3) is 32.9 Å². The molecule has 39 heavy (non-hydrogen) atoms. The number of aryl methyl sites for hydroxylation is 4. The Morgan fingerprint density at radius 2 is 1.92 bits per heavy atom. The molecule has 8 heteroatoms. The van der Waals surface area contributed by atoms with Crippen molar-refractivity contribution in [3.63, 3.8) is 0 Å². The molecule has 0 saturated carbocycles. The maximum atomic E-state index is 13.3. The van der Waals surface area contributed by atoms with Gasteiger partial charge in [0.25, 0.3) is 5.91 Å². The molecular weight excluding hydrogens is 490 g/mol. The second-order valence-corrected chi connectivity index (χ2v) is 10.4. The van der Waals surface area contributed by atoms with Crippen LogP contribution in [0.4, 0.5) is 11.4 Å². The fourth-order valence-corrected chi connectivity index (χ4v) is 6.52. The minimum atomic E-state index is 0.00615. The minimum Gasteiger partial charge on any atom is -0.497 e. The van der Waals surface area contributed by atoms with Gasteiger partial charge in [0.15, 0.2) is 0 Å². The molecule has 0 atom stereocenters. The number of rotatable bonds is 6. The van der Waals surface area contributed by atoms with E-state index in [2.05, 4.69) is 46.5 Å². The van der Waals surface area contributed by atoms with Crippen LogP contribution in [0.3, 0.4) is 0 Å². The normalized spacial score (nSPS) is 13.8. The lowest BCUT2D eigenvalue weighted by atomic mass is 9.82. The zero-order valence-corrected chi connectivity index (χ0v) is 22.6. The van der Waals surface area contributed by atoms with Crippen LogP contribution >= 0.6 is 0 Å². The largest absolute Gasteiger partial charge is 0.497 e. The van der Waals surface area contributed by atoms with Crippen LogP contribution in [0, 0.1) is 0 Å². The number of fused-ring (bicyclic) bond motifs is 10. The molecule has 8 nitrogen and oxygen atoms in total. The number of methoxy groups -OCH3 is 2. The lowest BCUT2D eigenvalue weighted by molar-refractivity contribution is 0.0966. The lowest BCUT2D eigenvalue weighted by Gasteiger charge is -2.21. The molecule has 7 rings (SSSR count). The van der Waals surface area contributed by atoms with Crippen molar-refractivity contribution in [2.75, 3.05) is 19.5 Å². The molecule has 198 valence electrons. The molecule has 0 saturated heterocycles. The van der Waals surface area contributed by atoms with Crippen LogP contribution in [-0.2, 0) is 33.0 Å². The molecule has 0 spiro atoms. The number of aromatic nitrogens is 3. The van der Waals surface area contributed by atoms with Crippen molar-refractivity contribution < 1.29 is 14.3 Å². The number of carbonyl (C=O) groups excluding carboxylic acids is 1. The molecule has 0 radical (unpaired) electrons. The number of hydrogen-bond donors (Lipinski definition) is 2. The summed E-state index contributed by atoms with van der Waals surface area (Å²) in [5, 5.41) is 13.7. The highest BCUT2D eigenvalue weighted by Crippen LogP contribution is 2.47. The fraction of sp³-hybridized carbons (Fsp3) is 0.290. The highest BCUT2D eigenvalue weighted by Gasteiger charge is 2.35. The van der Waals surface area contributed by atoms with Crippen LogP contribution in [0.5, 0.6) is 11.5 Å². The highest BCUT2D eigenvalue weighted by molar-refractivity contribution is 6.20. The van der Waals surface area contributed by atoms with Crippen molar-refractivity contribution in [1.82, 2.24) is 19.7 Å². The van der Waals surface area contributed by atoms with Crippen LogP contribution in [0.1, 0.15) is 40.5 Å². The van der Waals surface area contributed by atoms with Crippen molar-refractivity contribution in [2.24, 2.45) is 7.05 Å². The first kappa shape index (κ1) is 23.6. The number of nitrogens with zero attached hydrogens (tertiary/aromatic N) is 3. The first-order valence-corrected chi connectivity index (χ1v) is 13.5. The summed E-state index contributed by atoms with van der Waals surface area (Å²) in [4.78, 5) is 13.3. The molecule has 1 aliphatic heterocycles.